The number of fused-ring (bicyclic) bond motifs is 1. The number of unbranched alkanes of at least 4 members (excludes halogenated alkanes) is 1. The maximum absolute atomic E-state index is 6.05. The van der Waals surface area contributed by atoms with Crippen molar-refractivity contribution in [3.63, 3.8) is 0 Å². The zero-order valence-corrected chi connectivity index (χ0v) is 13.3. The van der Waals surface area contributed by atoms with Gasteiger partial charge in [-0.1, -0.05) is 26.3 Å². The Kier molecular flexibility index (Phi) is 6.33. The van der Waals surface area contributed by atoms with Gasteiger partial charge in [0.25, 0.3) is 0 Å². The molecule has 2 N–H and O–H groups in total. The molecule has 1 aromatic carbocycles. The van der Waals surface area contributed by atoms with Crippen molar-refractivity contribution in [3.8, 4) is 11.5 Å². The van der Waals surface area contributed by atoms with Crippen molar-refractivity contribution in [2.24, 2.45) is 5.73 Å². The maximum atomic E-state index is 6.05. The van der Waals surface area contributed by atoms with Crippen molar-refractivity contribution in [3.05, 3.63) is 23.8 Å². The van der Waals surface area contributed by atoms with Crippen LogP contribution in [0.15, 0.2) is 18.2 Å². The monoisotopic (exact) mass is 292 g/mol. The van der Waals surface area contributed by atoms with Crippen molar-refractivity contribution >= 4 is 0 Å². The van der Waals surface area contributed by atoms with E-state index in [-0.39, 0.29) is 6.04 Å². The highest BCUT2D eigenvalue weighted by Crippen LogP contribution is 2.33. The smallest absolute Gasteiger partial charge is 0.161 e. The second-order valence-corrected chi connectivity index (χ2v) is 5.49. The van der Waals surface area contributed by atoms with Crippen LogP contribution in [-0.4, -0.2) is 37.7 Å². The van der Waals surface area contributed by atoms with E-state index in [1.807, 2.05) is 6.07 Å². The Hall–Kier alpha value is -1.26. The van der Waals surface area contributed by atoms with Gasteiger partial charge in [0.05, 0.1) is 13.2 Å². The first-order valence-corrected chi connectivity index (χ1v) is 8.13. The molecule has 0 spiro atoms. The number of ether oxygens (including phenoxy) is 2. The molecule has 1 aromatic rings. The van der Waals surface area contributed by atoms with Gasteiger partial charge in [-0.15, -0.1) is 0 Å². The number of hydrogen-bond acceptors (Lipinski definition) is 4. The second-order valence-electron chi connectivity index (χ2n) is 5.49. The number of likely N-dealkylation sites (N-methyl/N-ethyl adjacent to an activating group) is 1. The molecule has 118 valence electrons. The molecule has 2 rings (SSSR count). The fourth-order valence-electron chi connectivity index (χ4n) is 2.78. The van der Waals surface area contributed by atoms with Gasteiger partial charge in [-0.25, -0.2) is 0 Å². The van der Waals surface area contributed by atoms with E-state index in [9.17, 15) is 0 Å². The Morgan fingerprint density at radius 1 is 1.19 bits per heavy atom. The topological polar surface area (TPSA) is 47.7 Å². The molecule has 0 saturated heterocycles. The Morgan fingerprint density at radius 2 is 1.95 bits per heavy atom. The Balaban J connectivity index is 2.19. The van der Waals surface area contributed by atoms with Crippen LogP contribution in [0.1, 0.15) is 44.7 Å². The second kappa shape index (κ2) is 8.25. The molecule has 0 fully saturated rings. The van der Waals surface area contributed by atoms with Gasteiger partial charge in [-0.05, 0) is 37.2 Å². The molecule has 0 bridgehead atoms. The lowest BCUT2D eigenvalue weighted by molar-refractivity contribution is 0.208. The van der Waals surface area contributed by atoms with E-state index in [0.29, 0.717) is 6.54 Å². The number of nitrogens with two attached hydrogens (primary N) is 1. The quantitative estimate of drug-likeness (QED) is 0.839. The molecular weight excluding hydrogens is 264 g/mol. The summed E-state index contributed by atoms with van der Waals surface area (Å²) in [5.74, 6) is 1.71. The number of nitrogens with zero attached hydrogens (tertiary/aromatic N) is 1. The predicted octanol–water partition coefficient (Wildman–Crippen LogP) is 2.97. The van der Waals surface area contributed by atoms with Crippen LogP contribution in [0.2, 0.25) is 0 Å². The third kappa shape index (κ3) is 4.11. The minimum Gasteiger partial charge on any atom is -0.490 e. The molecule has 4 nitrogen and oxygen atoms in total. The molecule has 0 aromatic heterocycles. The first kappa shape index (κ1) is 16.1. The molecule has 1 aliphatic rings. The minimum absolute atomic E-state index is 0.249. The lowest BCUT2D eigenvalue weighted by Crippen LogP contribution is -2.34. The van der Waals surface area contributed by atoms with E-state index >= 15 is 0 Å². The molecule has 1 aliphatic heterocycles. The largest absolute Gasteiger partial charge is 0.490 e. The summed E-state index contributed by atoms with van der Waals surface area (Å²) in [6.45, 7) is 8.58. The van der Waals surface area contributed by atoms with E-state index in [1.165, 1.54) is 18.4 Å². The average molecular weight is 292 g/mol. The third-order valence-electron chi connectivity index (χ3n) is 4.03. The minimum atomic E-state index is 0.249. The van der Waals surface area contributed by atoms with Gasteiger partial charge in [0, 0.05) is 19.0 Å². The summed E-state index contributed by atoms with van der Waals surface area (Å²) in [5.41, 5.74) is 7.27. The molecule has 1 unspecified atom stereocenters. The van der Waals surface area contributed by atoms with Crippen molar-refractivity contribution in [2.45, 2.75) is 39.2 Å². The maximum Gasteiger partial charge on any atom is 0.161 e. The molecule has 0 radical (unpaired) electrons. The molecule has 21 heavy (non-hydrogen) atoms. The first-order valence-electron chi connectivity index (χ1n) is 8.13. The summed E-state index contributed by atoms with van der Waals surface area (Å²) in [6.07, 6.45) is 3.34. The van der Waals surface area contributed by atoms with Crippen LogP contribution in [0.4, 0.5) is 0 Å². The molecule has 4 heteroatoms. The van der Waals surface area contributed by atoms with E-state index < -0.39 is 0 Å². The molecule has 1 heterocycles. The van der Waals surface area contributed by atoms with E-state index in [0.717, 1.165) is 44.2 Å². The van der Waals surface area contributed by atoms with Gasteiger partial charge in [-0.3, -0.25) is 4.90 Å². The fraction of sp³-hybridized carbons (Fsp3) is 0.647. The van der Waals surface area contributed by atoms with E-state index in [2.05, 4.69) is 30.9 Å². The van der Waals surface area contributed by atoms with Crippen LogP contribution in [0, 0.1) is 0 Å². The predicted molar refractivity (Wildman–Crippen MR) is 86.0 cm³/mol. The highest BCUT2D eigenvalue weighted by molar-refractivity contribution is 5.44. The number of hydrogen-bond donors (Lipinski definition) is 1. The van der Waals surface area contributed by atoms with Gasteiger partial charge in [-0.2, -0.15) is 0 Å². The van der Waals surface area contributed by atoms with Crippen molar-refractivity contribution in [1.29, 1.82) is 0 Å². The van der Waals surface area contributed by atoms with Crippen LogP contribution < -0.4 is 15.2 Å². The Morgan fingerprint density at radius 3 is 2.62 bits per heavy atom. The standard InChI is InChI=1S/C17H28N2O2/c1-3-5-9-19(4-2)15(13-18)14-7-8-16-17(12-14)21-11-6-10-20-16/h7-8,12,15H,3-6,9-11,13,18H2,1-2H3. The zero-order valence-electron chi connectivity index (χ0n) is 13.3. The van der Waals surface area contributed by atoms with Crippen molar-refractivity contribution < 1.29 is 9.47 Å². The summed E-state index contributed by atoms with van der Waals surface area (Å²) >= 11 is 0. The fourth-order valence-corrected chi connectivity index (χ4v) is 2.78. The van der Waals surface area contributed by atoms with E-state index in [4.69, 9.17) is 15.2 Å². The summed E-state index contributed by atoms with van der Waals surface area (Å²) in [4.78, 5) is 2.45. The highest BCUT2D eigenvalue weighted by atomic mass is 16.5. The van der Waals surface area contributed by atoms with Gasteiger partial charge in [0.2, 0.25) is 0 Å². The summed E-state index contributed by atoms with van der Waals surface area (Å²) < 4.78 is 11.5. The highest BCUT2D eigenvalue weighted by Gasteiger charge is 2.20. The number of benzene rings is 1. The first-order chi connectivity index (χ1) is 10.3. The van der Waals surface area contributed by atoms with Gasteiger partial charge in [0.1, 0.15) is 0 Å². The van der Waals surface area contributed by atoms with Gasteiger partial charge in [0.15, 0.2) is 11.5 Å². The van der Waals surface area contributed by atoms with E-state index in [1.54, 1.807) is 0 Å². The van der Waals surface area contributed by atoms with Crippen molar-refractivity contribution in [1.82, 2.24) is 4.90 Å². The summed E-state index contributed by atoms with van der Waals surface area (Å²) in [6, 6.07) is 6.50. The van der Waals surface area contributed by atoms with Crippen LogP contribution in [0.5, 0.6) is 11.5 Å². The lowest BCUT2D eigenvalue weighted by Gasteiger charge is -2.30. The molecule has 0 aliphatic carbocycles. The summed E-state index contributed by atoms with van der Waals surface area (Å²) in [7, 11) is 0. The third-order valence-corrected chi connectivity index (χ3v) is 4.03. The molecule has 1 atom stereocenters. The van der Waals surface area contributed by atoms with Crippen LogP contribution >= 0.6 is 0 Å². The number of rotatable bonds is 7. The Labute approximate surface area is 128 Å². The summed E-state index contributed by atoms with van der Waals surface area (Å²) in [5, 5.41) is 0. The SMILES string of the molecule is CCCCN(CC)C(CN)c1ccc2c(c1)OCCCO2. The lowest BCUT2D eigenvalue weighted by atomic mass is 10.0. The van der Waals surface area contributed by atoms with Crippen LogP contribution in [0.3, 0.4) is 0 Å². The van der Waals surface area contributed by atoms with Gasteiger partial charge >= 0.3 is 0 Å². The van der Waals surface area contributed by atoms with Crippen LogP contribution in [-0.2, 0) is 0 Å². The molecular formula is C17H28N2O2. The average Bonchev–Trinajstić information content (AvgIpc) is 2.76. The molecule has 0 saturated carbocycles. The van der Waals surface area contributed by atoms with Crippen LogP contribution in [0.25, 0.3) is 0 Å². The Bertz CT molecular complexity index is 437. The van der Waals surface area contributed by atoms with Gasteiger partial charge < -0.3 is 15.2 Å². The zero-order chi connectivity index (χ0) is 15.1. The van der Waals surface area contributed by atoms with Crippen molar-refractivity contribution in [2.75, 3.05) is 32.8 Å². The molecule has 0 amide bonds. The normalized spacial score (nSPS) is 15.8.